The van der Waals surface area contributed by atoms with Crippen molar-refractivity contribution in [1.82, 2.24) is 14.9 Å². The summed E-state index contributed by atoms with van der Waals surface area (Å²) in [6.07, 6.45) is 6.40. The summed E-state index contributed by atoms with van der Waals surface area (Å²) in [6.45, 7) is 4.62. The molecule has 1 saturated carbocycles. The van der Waals surface area contributed by atoms with Crippen molar-refractivity contribution in [1.29, 1.82) is 5.26 Å². The number of rotatable bonds is 8. The molecule has 0 radical (unpaired) electrons. The summed E-state index contributed by atoms with van der Waals surface area (Å²) in [5, 5.41) is 15.6. The molecule has 2 aromatic carbocycles. The molecule has 0 saturated heterocycles. The Morgan fingerprint density at radius 3 is 2.55 bits per heavy atom. The molecule has 2 aromatic heterocycles. The van der Waals surface area contributed by atoms with Crippen molar-refractivity contribution < 1.29 is 13.6 Å². The van der Waals surface area contributed by atoms with Gasteiger partial charge >= 0.3 is 0 Å². The van der Waals surface area contributed by atoms with Gasteiger partial charge in [-0.15, -0.1) is 0 Å². The number of nitrogens with two attached hydrogens (primary N) is 1. The first-order chi connectivity index (χ1) is 20.2. The Labute approximate surface area is 241 Å². The zero-order chi connectivity index (χ0) is 30.0. The molecule has 10 heteroatoms. The number of carbonyl (C=O) groups is 1. The minimum absolute atomic E-state index is 0.0138. The molecule has 0 unspecified atom stereocenters. The van der Waals surface area contributed by atoms with Crippen molar-refractivity contribution >= 4 is 23.0 Å². The first kappa shape index (κ1) is 28.2. The Morgan fingerprint density at radius 1 is 1.17 bits per heavy atom. The van der Waals surface area contributed by atoms with Gasteiger partial charge in [0.1, 0.15) is 34.8 Å². The highest BCUT2D eigenvalue weighted by molar-refractivity contribution is 6.05. The van der Waals surface area contributed by atoms with Crippen LogP contribution < -0.4 is 21.8 Å². The minimum Gasteiger partial charge on any atom is -0.391 e. The van der Waals surface area contributed by atoms with Gasteiger partial charge in [0.25, 0.3) is 5.91 Å². The van der Waals surface area contributed by atoms with Gasteiger partial charge in [-0.1, -0.05) is 12.1 Å². The Kier molecular flexibility index (Phi) is 7.84. The van der Waals surface area contributed by atoms with Gasteiger partial charge in [-0.25, -0.2) is 13.8 Å². The van der Waals surface area contributed by atoms with Crippen molar-refractivity contribution in [3.8, 4) is 28.3 Å². The van der Waals surface area contributed by atoms with E-state index in [0.29, 0.717) is 11.1 Å². The monoisotopic (exact) mass is 566 g/mol. The van der Waals surface area contributed by atoms with Crippen LogP contribution in [-0.4, -0.2) is 22.0 Å². The summed E-state index contributed by atoms with van der Waals surface area (Å²) >= 11 is 0. The van der Waals surface area contributed by atoms with Crippen LogP contribution in [0.5, 0.6) is 0 Å². The number of nitrogen functional groups attached to an aromatic ring is 1. The van der Waals surface area contributed by atoms with E-state index in [4.69, 9.17) is 5.73 Å². The lowest BCUT2D eigenvalue weighted by Crippen LogP contribution is -2.26. The van der Waals surface area contributed by atoms with Crippen LogP contribution in [0.25, 0.3) is 27.8 Å². The van der Waals surface area contributed by atoms with Crippen molar-refractivity contribution in [3.63, 3.8) is 0 Å². The van der Waals surface area contributed by atoms with E-state index in [9.17, 15) is 19.2 Å². The number of amides is 1. The lowest BCUT2D eigenvalue weighted by molar-refractivity contribution is 0.102. The largest absolute Gasteiger partial charge is 0.391 e. The maximum atomic E-state index is 15.4. The number of nitrogens with zero attached hydrogens (tertiary/aromatic N) is 3. The molecule has 0 aliphatic heterocycles. The number of allylic oxidation sites excluding steroid dienone is 1. The van der Waals surface area contributed by atoms with Gasteiger partial charge in [-0.3, -0.25) is 9.59 Å². The predicted octanol–water partition coefficient (Wildman–Crippen LogP) is 5.87. The van der Waals surface area contributed by atoms with Gasteiger partial charge in [-0.2, -0.15) is 5.26 Å². The van der Waals surface area contributed by atoms with Crippen LogP contribution in [0.15, 0.2) is 71.9 Å². The molecule has 8 nitrogen and oxygen atoms in total. The Morgan fingerprint density at radius 2 is 1.90 bits per heavy atom. The molecule has 0 atom stereocenters. The second-order valence-electron chi connectivity index (χ2n) is 10.0. The van der Waals surface area contributed by atoms with Crippen LogP contribution >= 0.6 is 0 Å². The van der Waals surface area contributed by atoms with E-state index in [-0.39, 0.29) is 39.9 Å². The minimum atomic E-state index is -0.762. The number of nitriles is 1. The quantitative estimate of drug-likeness (QED) is 0.245. The third-order valence-corrected chi connectivity index (χ3v) is 7.07. The van der Waals surface area contributed by atoms with Crippen molar-refractivity contribution in [2.75, 3.05) is 17.6 Å². The molecule has 0 spiro atoms. The summed E-state index contributed by atoms with van der Waals surface area (Å²) in [5.74, 6) is -1.75. The van der Waals surface area contributed by atoms with Crippen LogP contribution in [0.4, 0.5) is 20.3 Å². The van der Waals surface area contributed by atoms with Crippen molar-refractivity contribution in [2.24, 2.45) is 0 Å². The molecule has 5 rings (SSSR count). The highest BCUT2D eigenvalue weighted by Gasteiger charge is 2.30. The number of hydrogen-bond acceptors (Lipinski definition) is 6. The van der Waals surface area contributed by atoms with Gasteiger partial charge in [0.2, 0.25) is 5.43 Å². The molecule has 0 bridgehead atoms. The fourth-order valence-corrected chi connectivity index (χ4v) is 4.69. The molecule has 1 amide bonds. The van der Waals surface area contributed by atoms with Crippen molar-refractivity contribution in [2.45, 2.75) is 32.7 Å². The molecule has 1 aliphatic rings. The third-order valence-electron chi connectivity index (χ3n) is 7.07. The normalized spacial score (nSPS) is 13.0. The summed E-state index contributed by atoms with van der Waals surface area (Å²) in [4.78, 5) is 31.1. The number of aromatic nitrogens is 2. The number of benzene rings is 2. The van der Waals surface area contributed by atoms with Gasteiger partial charge in [0, 0.05) is 48.0 Å². The van der Waals surface area contributed by atoms with Crippen LogP contribution in [0, 0.1) is 23.0 Å². The van der Waals surface area contributed by atoms with Gasteiger partial charge < -0.3 is 20.9 Å². The Balaban J connectivity index is 1.49. The number of halogens is 2. The number of anilines is 2. The molecule has 42 heavy (non-hydrogen) atoms. The molecule has 4 N–H and O–H groups in total. The second kappa shape index (κ2) is 11.7. The van der Waals surface area contributed by atoms with E-state index in [1.165, 1.54) is 42.6 Å². The summed E-state index contributed by atoms with van der Waals surface area (Å²) in [6, 6.07) is 13.1. The zero-order valence-corrected chi connectivity index (χ0v) is 23.0. The molecular formula is C32H28F2N6O2. The highest BCUT2D eigenvalue weighted by Crippen LogP contribution is 2.37. The van der Waals surface area contributed by atoms with E-state index in [1.807, 2.05) is 20.0 Å². The lowest BCUT2D eigenvalue weighted by Gasteiger charge is -2.15. The molecule has 1 aliphatic carbocycles. The summed E-state index contributed by atoms with van der Waals surface area (Å²) in [7, 11) is 0. The molecule has 212 valence electrons. The van der Waals surface area contributed by atoms with E-state index in [2.05, 4.69) is 21.7 Å². The summed E-state index contributed by atoms with van der Waals surface area (Å²) < 4.78 is 30.6. The smallest absolute Gasteiger partial charge is 0.261 e. The zero-order valence-electron chi connectivity index (χ0n) is 23.0. The second-order valence-corrected chi connectivity index (χ2v) is 10.0. The standard InChI is InChI=1S/C32H28F2N6O2/c1-3-37-15-18(2)20-12-25(31(36)38-16-20)24-11-8-22(13-27(24)34)39-32(42)26-17-40(23-9-10-23)28(14-35)29(30(26)41)19-4-6-21(33)7-5-19/h4-8,11-13,15-17,23,37H,3,9-10H2,1-2H3,(H2,36,38)(H,39,42)/b18-15+. The predicted molar refractivity (Wildman–Crippen MR) is 158 cm³/mol. The Bertz CT molecular complexity index is 1820. The maximum Gasteiger partial charge on any atom is 0.261 e. The van der Waals surface area contributed by atoms with E-state index in [0.717, 1.165) is 36.6 Å². The van der Waals surface area contributed by atoms with Crippen LogP contribution in [0.3, 0.4) is 0 Å². The maximum absolute atomic E-state index is 15.4. The lowest BCUT2D eigenvalue weighted by atomic mass is 10.00. The van der Waals surface area contributed by atoms with E-state index in [1.54, 1.807) is 16.8 Å². The fourth-order valence-electron chi connectivity index (χ4n) is 4.69. The number of carbonyl (C=O) groups excluding carboxylic acids is 1. The number of hydrogen-bond donors (Lipinski definition) is 3. The van der Waals surface area contributed by atoms with Crippen molar-refractivity contribution in [3.05, 3.63) is 106 Å². The molecule has 1 fully saturated rings. The molecular weight excluding hydrogens is 538 g/mol. The highest BCUT2D eigenvalue weighted by atomic mass is 19.1. The van der Waals surface area contributed by atoms with Gasteiger partial charge in [0.15, 0.2) is 0 Å². The van der Waals surface area contributed by atoms with Gasteiger partial charge in [0.05, 0.1) is 5.56 Å². The Hall–Kier alpha value is -5.30. The first-order valence-electron chi connectivity index (χ1n) is 13.4. The number of nitrogens with one attached hydrogen (secondary N) is 2. The SMILES string of the molecule is CCN/C=C(\C)c1cnc(N)c(-c2ccc(NC(=O)c3cn(C4CC4)c(C#N)c(-c4ccc(F)cc4)c3=O)cc2F)c1. The average Bonchev–Trinajstić information content (AvgIpc) is 3.82. The average molecular weight is 567 g/mol. The van der Waals surface area contributed by atoms with Gasteiger partial charge in [-0.05, 0) is 79.8 Å². The first-order valence-corrected chi connectivity index (χ1v) is 13.4. The van der Waals surface area contributed by atoms with E-state index >= 15 is 4.39 Å². The van der Waals surface area contributed by atoms with Crippen LogP contribution in [-0.2, 0) is 0 Å². The fraction of sp³-hybridized carbons (Fsp3) is 0.188. The van der Waals surface area contributed by atoms with Crippen LogP contribution in [0.1, 0.15) is 54.3 Å². The van der Waals surface area contributed by atoms with E-state index < -0.39 is 23.0 Å². The molecule has 4 aromatic rings. The number of pyridine rings is 2. The van der Waals surface area contributed by atoms with Crippen LogP contribution in [0.2, 0.25) is 0 Å². The third kappa shape index (κ3) is 5.63. The molecule has 2 heterocycles. The summed E-state index contributed by atoms with van der Waals surface area (Å²) in [5.41, 5.74) is 8.00. The topological polar surface area (TPSA) is 126 Å².